The van der Waals surface area contributed by atoms with Crippen molar-refractivity contribution in [2.45, 2.75) is 26.0 Å². The van der Waals surface area contributed by atoms with E-state index in [4.69, 9.17) is 11.6 Å². The summed E-state index contributed by atoms with van der Waals surface area (Å²) >= 11 is 7.76. The summed E-state index contributed by atoms with van der Waals surface area (Å²) in [6, 6.07) is 2.26. The molecule has 5 heteroatoms. The molecule has 0 radical (unpaired) electrons. The SMILES string of the molecule is CSCCC(C)N(C)c1cc(CO)c(Cl)cn1. The molecular formula is C12H19ClN2OS. The number of aromatic nitrogens is 1. The molecule has 0 aliphatic heterocycles. The Morgan fingerprint density at radius 1 is 1.59 bits per heavy atom. The molecule has 1 atom stereocenters. The minimum atomic E-state index is -0.0542. The molecule has 3 nitrogen and oxygen atoms in total. The molecule has 0 aliphatic rings. The normalized spacial score (nSPS) is 12.5. The van der Waals surface area contributed by atoms with E-state index in [0.29, 0.717) is 11.1 Å². The summed E-state index contributed by atoms with van der Waals surface area (Å²) in [6.07, 6.45) is 4.81. The Bertz CT molecular complexity index is 362. The smallest absolute Gasteiger partial charge is 0.128 e. The van der Waals surface area contributed by atoms with Crippen LogP contribution in [0.4, 0.5) is 5.82 Å². The van der Waals surface area contributed by atoms with Crippen molar-refractivity contribution < 1.29 is 5.11 Å². The standard InChI is InChI=1S/C12H19ClN2OS/c1-9(4-5-17-3)15(2)12-6-10(8-16)11(13)7-14-12/h6-7,9,16H,4-5,8H2,1-3H3. The first-order chi connectivity index (χ1) is 8.10. The number of thioether (sulfide) groups is 1. The molecule has 1 rings (SSSR count). The monoisotopic (exact) mass is 274 g/mol. The van der Waals surface area contributed by atoms with Crippen molar-refractivity contribution in [2.24, 2.45) is 0 Å². The molecule has 0 saturated heterocycles. The first-order valence-corrected chi connectivity index (χ1v) is 7.34. The van der Waals surface area contributed by atoms with Crippen LogP contribution in [0.3, 0.4) is 0 Å². The van der Waals surface area contributed by atoms with Crippen molar-refractivity contribution in [3.8, 4) is 0 Å². The van der Waals surface area contributed by atoms with Gasteiger partial charge in [-0.25, -0.2) is 4.98 Å². The average Bonchev–Trinajstić information content (AvgIpc) is 2.35. The van der Waals surface area contributed by atoms with Crippen LogP contribution in [0.5, 0.6) is 0 Å². The highest BCUT2D eigenvalue weighted by atomic mass is 35.5. The van der Waals surface area contributed by atoms with Gasteiger partial charge in [0.05, 0.1) is 11.6 Å². The van der Waals surface area contributed by atoms with Crippen molar-refractivity contribution in [1.29, 1.82) is 0 Å². The summed E-state index contributed by atoms with van der Waals surface area (Å²) in [4.78, 5) is 6.41. The van der Waals surface area contributed by atoms with Crippen molar-refractivity contribution >= 4 is 29.2 Å². The number of nitrogens with zero attached hydrogens (tertiary/aromatic N) is 2. The van der Waals surface area contributed by atoms with Gasteiger partial charge in [-0.05, 0) is 31.4 Å². The lowest BCUT2D eigenvalue weighted by molar-refractivity contribution is 0.282. The zero-order chi connectivity index (χ0) is 12.8. The molecule has 0 spiro atoms. The first-order valence-electron chi connectivity index (χ1n) is 5.57. The molecular weight excluding hydrogens is 256 g/mol. The van der Waals surface area contributed by atoms with Crippen LogP contribution in [0.15, 0.2) is 12.3 Å². The van der Waals surface area contributed by atoms with E-state index in [1.165, 1.54) is 0 Å². The average molecular weight is 275 g/mol. The molecule has 96 valence electrons. The van der Waals surface area contributed by atoms with Gasteiger partial charge >= 0.3 is 0 Å². The van der Waals surface area contributed by atoms with Crippen molar-refractivity contribution in [3.05, 3.63) is 22.8 Å². The Morgan fingerprint density at radius 3 is 2.88 bits per heavy atom. The van der Waals surface area contributed by atoms with Gasteiger partial charge in [-0.1, -0.05) is 11.6 Å². The molecule has 1 unspecified atom stereocenters. The molecule has 1 heterocycles. The number of hydrogen-bond donors (Lipinski definition) is 1. The van der Waals surface area contributed by atoms with Crippen LogP contribution >= 0.6 is 23.4 Å². The highest BCUT2D eigenvalue weighted by molar-refractivity contribution is 7.98. The zero-order valence-electron chi connectivity index (χ0n) is 10.5. The van der Waals surface area contributed by atoms with Crippen LogP contribution in [-0.4, -0.2) is 35.2 Å². The van der Waals surface area contributed by atoms with E-state index in [1.54, 1.807) is 6.20 Å². The summed E-state index contributed by atoms with van der Waals surface area (Å²) in [5.74, 6) is 1.98. The lowest BCUT2D eigenvalue weighted by Crippen LogP contribution is -2.30. The Morgan fingerprint density at radius 2 is 2.29 bits per heavy atom. The van der Waals surface area contributed by atoms with Crippen molar-refractivity contribution in [3.63, 3.8) is 0 Å². The number of aliphatic hydroxyl groups excluding tert-OH is 1. The lowest BCUT2D eigenvalue weighted by atomic mass is 10.2. The van der Waals surface area contributed by atoms with Gasteiger partial charge in [-0.3, -0.25) is 0 Å². The van der Waals surface area contributed by atoms with Gasteiger partial charge in [0.2, 0.25) is 0 Å². The fourth-order valence-electron chi connectivity index (χ4n) is 1.49. The Labute approximate surface area is 112 Å². The van der Waals surface area contributed by atoms with Crippen molar-refractivity contribution in [2.75, 3.05) is 24.0 Å². The van der Waals surface area contributed by atoms with E-state index >= 15 is 0 Å². The Hall–Kier alpha value is -0.450. The minimum Gasteiger partial charge on any atom is -0.392 e. The summed E-state index contributed by atoms with van der Waals surface area (Å²) in [6.45, 7) is 2.12. The molecule has 1 aromatic heterocycles. The number of aliphatic hydroxyl groups is 1. The third kappa shape index (κ3) is 4.05. The lowest BCUT2D eigenvalue weighted by Gasteiger charge is -2.26. The predicted molar refractivity (Wildman–Crippen MR) is 76.0 cm³/mol. The number of rotatable bonds is 6. The summed E-state index contributed by atoms with van der Waals surface area (Å²) < 4.78 is 0. The molecule has 0 fully saturated rings. The number of pyridine rings is 1. The number of hydrogen-bond acceptors (Lipinski definition) is 4. The predicted octanol–water partition coefficient (Wildman–Crippen LogP) is 2.81. The Balaban J connectivity index is 2.77. The maximum Gasteiger partial charge on any atom is 0.128 e. The summed E-state index contributed by atoms with van der Waals surface area (Å²) in [7, 11) is 2.02. The molecule has 0 saturated carbocycles. The van der Waals surface area contributed by atoms with Crippen LogP contribution in [0.25, 0.3) is 0 Å². The highest BCUT2D eigenvalue weighted by Gasteiger charge is 2.12. The van der Waals surface area contributed by atoms with Crippen LogP contribution in [-0.2, 0) is 6.61 Å². The van der Waals surface area contributed by atoms with Gasteiger partial charge in [0, 0.05) is 24.8 Å². The minimum absolute atomic E-state index is 0.0542. The van der Waals surface area contributed by atoms with Crippen molar-refractivity contribution in [1.82, 2.24) is 4.98 Å². The molecule has 1 N–H and O–H groups in total. The molecule has 0 amide bonds. The molecule has 1 aromatic rings. The van der Waals surface area contributed by atoms with Crippen LogP contribution in [0, 0.1) is 0 Å². The summed E-state index contributed by atoms with van der Waals surface area (Å²) in [5, 5.41) is 9.69. The van der Waals surface area contributed by atoms with E-state index in [-0.39, 0.29) is 6.61 Å². The van der Waals surface area contributed by atoms with E-state index in [9.17, 15) is 5.11 Å². The van der Waals surface area contributed by atoms with E-state index < -0.39 is 0 Å². The van der Waals surface area contributed by atoms with E-state index in [0.717, 1.165) is 23.6 Å². The third-order valence-electron chi connectivity index (χ3n) is 2.85. The second-order valence-corrected chi connectivity index (χ2v) is 5.43. The third-order valence-corrected chi connectivity index (χ3v) is 3.84. The molecule has 0 aromatic carbocycles. The zero-order valence-corrected chi connectivity index (χ0v) is 12.1. The maximum atomic E-state index is 9.17. The largest absolute Gasteiger partial charge is 0.392 e. The fourth-order valence-corrected chi connectivity index (χ4v) is 2.23. The van der Waals surface area contributed by atoms with Crippen LogP contribution < -0.4 is 4.90 Å². The van der Waals surface area contributed by atoms with Gasteiger partial charge in [0.15, 0.2) is 0 Å². The second-order valence-electron chi connectivity index (χ2n) is 4.03. The van der Waals surface area contributed by atoms with E-state index in [1.807, 2.05) is 24.9 Å². The molecule has 0 aliphatic carbocycles. The molecule has 0 bridgehead atoms. The van der Waals surface area contributed by atoms with Gasteiger partial charge < -0.3 is 10.0 Å². The summed E-state index contributed by atoms with van der Waals surface area (Å²) in [5.41, 5.74) is 0.723. The second kappa shape index (κ2) is 7.09. The number of halogens is 1. The fraction of sp³-hybridized carbons (Fsp3) is 0.583. The maximum absolute atomic E-state index is 9.17. The molecule has 17 heavy (non-hydrogen) atoms. The first kappa shape index (κ1) is 14.6. The van der Waals surface area contributed by atoms with Crippen LogP contribution in [0.2, 0.25) is 5.02 Å². The van der Waals surface area contributed by atoms with Gasteiger partial charge in [0.25, 0.3) is 0 Å². The highest BCUT2D eigenvalue weighted by Crippen LogP contribution is 2.21. The van der Waals surface area contributed by atoms with Crippen LogP contribution in [0.1, 0.15) is 18.9 Å². The van der Waals surface area contributed by atoms with Gasteiger partial charge in [-0.2, -0.15) is 11.8 Å². The van der Waals surface area contributed by atoms with E-state index in [2.05, 4.69) is 23.1 Å². The van der Waals surface area contributed by atoms with Gasteiger partial charge in [-0.15, -0.1) is 0 Å². The quantitative estimate of drug-likeness (QED) is 0.865. The number of anilines is 1. The van der Waals surface area contributed by atoms with Gasteiger partial charge in [0.1, 0.15) is 5.82 Å². The Kier molecular flexibility index (Phi) is 6.09. The topological polar surface area (TPSA) is 36.4 Å².